The fourth-order valence-electron chi connectivity index (χ4n) is 2.81. The zero-order valence-corrected chi connectivity index (χ0v) is 12.5. The van der Waals surface area contributed by atoms with Gasteiger partial charge in [-0.3, -0.25) is 0 Å². The molecule has 108 valence electrons. The third-order valence-corrected chi connectivity index (χ3v) is 3.89. The minimum atomic E-state index is -0.342. The molecule has 3 heteroatoms. The largest absolute Gasteiger partial charge is 0.475 e. The van der Waals surface area contributed by atoms with Crippen LogP contribution >= 0.6 is 0 Å². The van der Waals surface area contributed by atoms with E-state index in [9.17, 15) is 0 Å². The first-order valence-electron chi connectivity index (χ1n) is 7.71. The van der Waals surface area contributed by atoms with Crippen LogP contribution < -0.4 is 10.1 Å². The van der Waals surface area contributed by atoms with Crippen LogP contribution in [0.3, 0.4) is 0 Å². The number of nitrogens with zero attached hydrogens (tertiary/aromatic N) is 1. The number of rotatable bonds is 6. The molecule has 0 radical (unpaired) electrons. The van der Waals surface area contributed by atoms with Gasteiger partial charge in [-0.05, 0) is 55.8 Å². The van der Waals surface area contributed by atoms with Crippen LogP contribution in [0.5, 0.6) is 5.75 Å². The number of hydrogen-bond acceptors (Lipinski definition) is 3. The second-order valence-corrected chi connectivity index (χ2v) is 5.37. The molecule has 2 atom stereocenters. The lowest BCUT2D eigenvalue weighted by Crippen LogP contribution is -2.26. The van der Waals surface area contributed by atoms with Crippen LogP contribution in [0.15, 0.2) is 18.2 Å². The molecule has 1 N–H and O–H groups in total. The maximum Gasteiger partial charge on any atom is 0.184 e. The van der Waals surface area contributed by atoms with Crippen LogP contribution in [0, 0.1) is 11.3 Å². The van der Waals surface area contributed by atoms with E-state index in [1.807, 2.05) is 19.1 Å². The maximum absolute atomic E-state index is 9.07. The van der Waals surface area contributed by atoms with Gasteiger partial charge in [0.1, 0.15) is 11.8 Å². The minimum absolute atomic E-state index is 0.342. The van der Waals surface area contributed by atoms with Crippen molar-refractivity contribution in [3.63, 3.8) is 0 Å². The summed E-state index contributed by atoms with van der Waals surface area (Å²) in [6, 6.07) is 8.89. The van der Waals surface area contributed by atoms with Crippen LogP contribution in [0.2, 0.25) is 0 Å². The molecule has 0 saturated carbocycles. The quantitative estimate of drug-likeness (QED) is 0.858. The predicted octanol–water partition coefficient (Wildman–Crippen LogP) is 3.74. The molecule has 0 amide bonds. The van der Waals surface area contributed by atoms with Gasteiger partial charge in [-0.15, -0.1) is 0 Å². The Morgan fingerprint density at radius 1 is 1.45 bits per heavy atom. The lowest BCUT2D eigenvalue weighted by atomic mass is 9.87. The van der Waals surface area contributed by atoms with Gasteiger partial charge < -0.3 is 10.1 Å². The molecule has 0 bridgehead atoms. The first kappa shape index (κ1) is 14.9. The molecule has 20 heavy (non-hydrogen) atoms. The Balaban J connectivity index is 2.22. The monoisotopic (exact) mass is 272 g/mol. The Morgan fingerprint density at radius 3 is 3.00 bits per heavy atom. The van der Waals surface area contributed by atoms with E-state index in [1.165, 1.54) is 24.0 Å². The zero-order chi connectivity index (χ0) is 14.4. The second-order valence-electron chi connectivity index (χ2n) is 5.37. The van der Waals surface area contributed by atoms with E-state index in [-0.39, 0.29) is 6.10 Å². The summed E-state index contributed by atoms with van der Waals surface area (Å²) in [7, 11) is 0. The molecule has 1 aromatic rings. The van der Waals surface area contributed by atoms with Gasteiger partial charge in [-0.1, -0.05) is 26.0 Å². The van der Waals surface area contributed by atoms with Crippen LogP contribution in [0.1, 0.15) is 56.7 Å². The molecule has 0 heterocycles. The van der Waals surface area contributed by atoms with Gasteiger partial charge in [-0.25, -0.2) is 0 Å². The summed E-state index contributed by atoms with van der Waals surface area (Å²) >= 11 is 0. The second kappa shape index (κ2) is 7.31. The third-order valence-electron chi connectivity index (χ3n) is 3.89. The summed E-state index contributed by atoms with van der Waals surface area (Å²) < 4.78 is 5.88. The fraction of sp³-hybridized carbons (Fsp3) is 0.588. The average molecular weight is 272 g/mol. The number of benzene rings is 1. The summed E-state index contributed by atoms with van der Waals surface area (Å²) in [5, 5.41) is 12.7. The van der Waals surface area contributed by atoms with Gasteiger partial charge in [-0.2, -0.15) is 5.26 Å². The first-order chi connectivity index (χ1) is 9.80. The molecule has 0 aromatic heterocycles. The van der Waals surface area contributed by atoms with E-state index in [1.54, 1.807) is 0 Å². The van der Waals surface area contributed by atoms with Gasteiger partial charge in [0, 0.05) is 6.04 Å². The maximum atomic E-state index is 9.07. The summed E-state index contributed by atoms with van der Waals surface area (Å²) in [6.45, 7) is 5.22. The van der Waals surface area contributed by atoms with Gasteiger partial charge in [0.15, 0.2) is 6.10 Å². The van der Waals surface area contributed by atoms with E-state index >= 15 is 0 Å². The predicted molar refractivity (Wildman–Crippen MR) is 80.7 cm³/mol. The number of ether oxygens (including phenoxy) is 1. The van der Waals surface area contributed by atoms with Gasteiger partial charge in [0.05, 0.1) is 0 Å². The molecule has 3 nitrogen and oxygen atoms in total. The zero-order valence-electron chi connectivity index (χ0n) is 12.5. The smallest absolute Gasteiger partial charge is 0.184 e. The average Bonchev–Trinajstić information content (AvgIpc) is 2.50. The van der Waals surface area contributed by atoms with Crippen molar-refractivity contribution in [2.24, 2.45) is 0 Å². The van der Waals surface area contributed by atoms with Crippen LogP contribution in [-0.2, 0) is 6.42 Å². The van der Waals surface area contributed by atoms with E-state index in [0.717, 1.165) is 31.6 Å². The van der Waals surface area contributed by atoms with Crippen molar-refractivity contribution < 1.29 is 4.74 Å². The highest BCUT2D eigenvalue weighted by molar-refractivity contribution is 5.43. The molecule has 0 fully saturated rings. The van der Waals surface area contributed by atoms with Crippen molar-refractivity contribution >= 4 is 0 Å². The highest BCUT2D eigenvalue weighted by atomic mass is 16.5. The Morgan fingerprint density at radius 2 is 2.30 bits per heavy atom. The molecule has 0 spiro atoms. The van der Waals surface area contributed by atoms with Crippen LogP contribution in [0.25, 0.3) is 0 Å². The molecule has 1 aliphatic rings. The van der Waals surface area contributed by atoms with E-state index in [2.05, 4.69) is 24.4 Å². The molecular weight excluding hydrogens is 248 g/mol. The number of nitrogens with one attached hydrogen (secondary N) is 1. The normalized spacial score (nSPS) is 18.9. The number of fused-ring (bicyclic) bond motifs is 1. The lowest BCUT2D eigenvalue weighted by Gasteiger charge is -2.28. The van der Waals surface area contributed by atoms with Crippen molar-refractivity contribution in [1.82, 2.24) is 5.32 Å². The topological polar surface area (TPSA) is 45.0 Å². The van der Waals surface area contributed by atoms with Crippen molar-refractivity contribution in [2.45, 2.75) is 58.1 Å². The van der Waals surface area contributed by atoms with E-state index < -0.39 is 0 Å². The SMILES string of the molecule is CCCNC1CCCc2c(OC(C#N)CC)cccc21. The highest BCUT2D eigenvalue weighted by Crippen LogP contribution is 2.35. The van der Waals surface area contributed by atoms with Crippen LogP contribution in [0.4, 0.5) is 0 Å². The molecule has 2 rings (SSSR count). The molecular formula is C17H24N2O. The molecule has 2 unspecified atom stereocenters. The standard InChI is InChI=1S/C17H24N2O/c1-3-11-19-16-9-5-8-15-14(16)7-6-10-17(15)20-13(4-2)12-18/h6-7,10,13,16,19H,3-5,8-9,11H2,1-2H3. The summed E-state index contributed by atoms with van der Waals surface area (Å²) in [5.41, 5.74) is 2.65. The molecule has 1 aromatic carbocycles. The van der Waals surface area contributed by atoms with E-state index in [0.29, 0.717) is 6.04 Å². The number of nitriles is 1. The summed E-state index contributed by atoms with van der Waals surface area (Å²) in [4.78, 5) is 0. The molecule has 0 saturated heterocycles. The van der Waals surface area contributed by atoms with Crippen molar-refractivity contribution in [3.05, 3.63) is 29.3 Å². The van der Waals surface area contributed by atoms with Crippen molar-refractivity contribution in [3.8, 4) is 11.8 Å². The van der Waals surface area contributed by atoms with Crippen molar-refractivity contribution in [1.29, 1.82) is 5.26 Å². The Kier molecular flexibility index (Phi) is 5.43. The van der Waals surface area contributed by atoms with Gasteiger partial charge in [0.25, 0.3) is 0 Å². The third kappa shape index (κ3) is 3.32. The number of hydrogen-bond donors (Lipinski definition) is 1. The lowest BCUT2D eigenvalue weighted by molar-refractivity contribution is 0.247. The Bertz CT molecular complexity index is 478. The van der Waals surface area contributed by atoms with E-state index in [4.69, 9.17) is 10.00 Å². The molecule has 1 aliphatic carbocycles. The summed E-state index contributed by atoms with van der Waals surface area (Å²) in [6.07, 6.45) is 4.94. The fourth-order valence-corrected chi connectivity index (χ4v) is 2.81. The van der Waals surface area contributed by atoms with Gasteiger partial charge in [0.2, 0.25) is 0 Å². The highest BCUT2D eigenvalue weighted by Gasteiger charge is 2.23. The Hall–Kier alpha value is -1.53. The Labute approximate surface area is 121 Å². The first-order valence-corrected chi connectivity index (χ1v) is 7.71. The van der Waals surface area contributed by atoms with Gasteiger partial charge >= 0.3 is 0 Å². The summed E-state index contributed by atoms with van der Waals surface area (Å²) in [5.74, 6) is 0.902. The van der Waals surface area contributed by atoms with Crippen LogP contribution in [-0.4, -0.2) is 12.6 Å². The van der Waals surface area contributed by atoms with Crippen molar-refractivity contribution in [2.75, 3.05) is 6.54 Å². The minimum Gasteiger partial charge on any atom is -0.475 e. The molecule has 0 aliphatic heterocycles.